The molecule has 5 heteroatoms. The van der Waals surface area contributed by atoms with Crippen molar-refractivity contribution in [2.45, 2.75) is 51.5 Å². The third kappa shape index (κ3) is 4.93. The Morgan fingerprint density at radius 2 is 1.82 bits per heavy atom. The Morgan fingerprint density at radius 1 is 1.18 bits per heavy atom. The van der Waals surface area contributed by atoms with Crippen molar-refractivity contribution in [3.63, 3.8) is 0 Å². The molecule has 1 saturated carbocycles. The number of carbonyl (C=O) groups excluding carboxylic acids is 1. The van der Waals surface area contributed by atoms with Gasteiger partial charge in [-0.05, 0) is 38.8 Å². The first-order valence-corrected chi connectivity index (χ1v) is 8.94. The smallest absolute Gasteiger partial charge is 0.220 e. The second-order valence-electron chi connectivity index (χ2n) is 7.43. The standard InChI is InChI=1S/C17H34N4O/c1-15(21-10-8-20(2)9-11-21)13-19-16(22)12-17(14-18)6-4-3-5-7-17/h15H,3-14,18H2,1-2H3,(H,19,22). The molecule has 22 heavy (non-hydrogen) atoms. The topological polar surface area (TPSA) is 61.6 Å². The van der Waals surface area contributed by atoms with E-state index in [-0.39, 0.29) is 11.3 Å². The summed E-state index contributed by atoms with van der Waals surface area (Å²) in [4.78, 5) is 17.2. The monoisotopic (exact) mass is 310 g/mol. The molecular formula is C17H34N4O. The van der Waals surface area contributed by atoms with E-state index in [4.69, 9.17) is 5.73 Å². The lowest BCUT2D eigenvalue weighted by Gasteiger charge is -2.37. The predicted octanol–water partition coefficient (Wildman–Crippen LogP) is 1.04. The maximum atomic E-state index is 12.3. The van der Waals surface area contributed by atoms with Crippen LogP contribution in [0.25, 0.3) is 0 Å². The molecule has 1 heterocycles. The summed E-state index contributed by atoms with van der Waals surface area (Å²) in [6.45, 7) is 8.05. The summed E-state index contributed by atoms with van der Waals surface area (Å²) in [6, 6.07) is 0.415. The van der Waals surface area contributed by atoms with Gasteiger partial charge in [0.2, 0.25) is 5.91 Å². The van der Waals surface area contributed by atoms with Crippen LogP contribution in [0.1, 0.15) is 45.4 Å². The molecule has 1 amide bonds. The maximum Gasteiger partial charge on any atom is 0.220 e. The van der Waals surface area contributed by atoms with Crippen LogP contribution in [0, 0.1) is 5.41 Å². The molecule has 1 aliphatic heterocycles. The highest BCUT2D eigenvalue weighted by Crippen LogP contribution is 2.38. The molecule has 2 fully saturated rings. The number of carbonyl (C=O) groups is 1. The molecule has 128 valence electrons. The molecule has 0 spiro atoms. The minimum atomic E-state index is 0.0689. The molecule has 0 aromatic heterocycles. The van der Waals surface area contributed by atoms with E-state index in [9.17, 15) is 4.79 Å². The Bertz CT molecular complexity index is 347. The minimum Gasteiger partial charge on any atom is -0.355 e. The Hall–Kier alpha value is -0.650. The number of nitrogens with one attached hydrogen (secondary N) is 1. The van der Waals surface area contributed by atoms with Gasteiger partial charge in [0.25, 0.3) is 0 Å². The number of likely N-dealkylation sites (N-methyl/N-ethyl adjacent to an activating group) is 1. The molecule has 1 aliphatic carbocycles. The SMILES string of the molecule is CC(CNC(=O)CC1(CN)CCCCC1)N1CCN(C)CC1. The van der Waals surface area contributed by atoms with Crippen molar-refractivity contribution in [1.29, 1.82) is 0 Å². The fourth-order valence-electron chi connectivity index (χ4n) is 3.81. The van der Waals surface area contributed by atoms with Crippen LogP contribution in [-0.4, -0.2) is 68.1 Å². The summed E-state index contributed by atoms with van der Waals surface area (Å²) >= 11 is 0. The van der Waals surface area contributed by atoms with Crippen LogP contribution in [0.4, 0.5) is 0 Å². The van der Waals surface area contributed by atoms with Crippen molar-refractivity contribution in [3.8, 4) is 0 Å². The maximum absolute atomic E-state index is 12.3. The van der Waals surface area contributed by atoms with Gasteiger partial charge in [-0.2, -0.15) is 0 Å². The summed E-state index contributed by atoms with van der Waals surface area (Å²) in [5.74, 6) is 0.188. The summed E-state index contributed by atoms with van der Waals surface area (Å²) in [6.07, 6.45) is 6.59. The van der Waals surface area contributed by atoms with Crippen molar-refractivity contribution in [2.75, 3.05) is 46.3 Å². The molecule has 2 rings (SSSR count). The van der Waals surface area contributed by atoms with Crippen LogP contribution in [0.3, 0.4) is 0 Å². The van der Waals surface area contributed by atoms with Gasteiger partial charge in [0.15, 0.2) is 0 Å². The summed E-state index contributed by atoms with van der Waals surface area (Å²) in [5.41, 5.74) is 6.05. The lowest BCUT2D eigenvalue weighted by atomic mass is 9.71. The summed E-state index contributed by atoms with van der Waals surface area (Å²) in [7, 11) is 2.17. The van der Waals surface area contributed by atoms with E-state index >= 15 is 0 Å². The molecule has 3 N–H and O–H groups in total. The fourth-order valence-corrected chi connectivity index (χ4v) is 3.81. The zero-order chi connectivity index (χ0) is 16.0. The molecule has 0 radical (unpaired) electrons. The van der Waals surface area contributed by atoms with E-state index in [1.54, 1.807) is 0 Å². The first kappa shape index (κ1) is 17.7. The Morgan fingerprint density at radius 3 is 2.41 bits per heavy atom. The van der Waals surface area contributed by atoms with Gasteiger partial charge in [0, 0.05) is 45.2 Å². The molecular weight excluding hydrogens is 276 g/mol. The van der Waals surface area contributed by atoms with Gasteiger partial charge in [-0.3, -0.25) is 9.69 Å². The normalized spacial score (nSPS) is 24.9. The minimum absolute atomic E-state index is 0.0689. The van der Waals surface area contributed by atoms with E-state index in [0.717, 1.165) is 45.6 Å². The number of amides is 1. The fraction of sp³-hybridized carbons (Fsp3) is 0.941. The number of hydrogen-bond acceptors (Lipinski definition) is 4. The Balaban J connectivity index is 1.72. The molecule has 0 bridgehead atoms. The quantitative estimate of drug-likeness (QED) is 0.769. The van der Waals surface area contributed by atoms with E-state index in [1.165, 1.54) is 19.3 Å². The first-order chi connectivity index (χ1) is 10.5. The highest BCUT2D eigenvalue weighted by atomic mass is 16.1. The van der Waals surface area contributed by atoms with Gasteiger partial charge in [-0.1, -0.05) is 19.3 Å². The van der Waals surface area contributed by atoms with Gasteiger partial charge in [0.05, 0.1) is 0 Å². The second-order valence-corrected chi connectivity index (χ2v) is 7.43. The van der Waals surface area contributed by atoms with Crippen molar-refractivity contribution in [1.82, 2.24) is 15.1 Å². The zero-order valence-electron chi connectivity index (χ0n) is 14.4. The second kappa shape index (κ2) is 8.27. The van der Waals surface area contributed by atoms with Crippen molar-refractivity contribution in [3.05, 3.63) is 0 Å². The highest BCUT2D eigenvalue weighted by Gasteiger charge is 2.33. The predicted molar refractivity (Wildman–Crippen MR) is 90.7 cm³/mol. The average molecular weight is 310 g/mol. The van der Waals surface area contributed by atoms with Crippen molar-refractivity contribution < 1.29 is 4.79 Å². The lowest BCUT2D eigenvalue weighted by Crippen LogP contribution is -2.51. The van der Waals surface area contributed by atoms with Crippen LogP contribution in [-0.2, 0) is 4.79 Å². The number of rotatable bonds is 6. The molecule has 5 nitrogen and oxygen atoms in total. The van der Waals surface area contributed by atoms with Gasteiger partial charge in [-0.25, -0.2) is 0 Å². The third-order valence-electron chi connectivity index (χ3n) is 5.64. The van der Waals surface area contributed by atoms with Crippen molar-refractivity contribution in [2.24, 2.45) is 11.1 Å². The van der Waals surface area contributed by atoms with E-state index in [1.807, 2.05) is 0 Å². The molecule has 0 aromatic rings. The van der Waals surface area contributed by atoms with Gasteiger partial charge >= 0.3 is 0 Å². The van der Waals surface area contributed by atoms with Gasteiger partial charge in [0.1, 0.15) is 0 Å². The molecule has 1 atom stereocenters. The Kier molecular flexibility index (Phi) is 6.66. The van der Waals surface area contributed by atoms with E-state index < -0.39 is 0 Å². The van der Waals surface area contributed by atoms with Crippen LogP contribution in [0.5, 0.6) is 0 Å². The lowest BCUT2D eigenvalue weighted by molar-refractivity contribution is -0.124. The Labute approximate surface area is 135 Å². The largest absolute Gasteiger partial charge is 0.355 e. The molecule has 1 saturated heterocycles. The van der Waals surface area contributed by atoms with Crippen LogP contribution >= 0.6 is 0 Å². The number of piperazine rings is 1. The molecule has 0 aromatic carbocycles. The summed E-state index contributed by atoms with van der Waals surface area (Å²) < 4.78 is 0. The average Bonchev–Trinajstić information content (AvgIpc) is 2.54. The third-order valence-corrected chi connectivity index (χ3v) is 5.64. The van der Waals surface area contributed by atoms with Crippen LogP contribution < -0.4 is 11.1 Å². The summed E-state index contributed by atoms with van der Waals surface area (Å²) in [5, 5.41) is 3.15. The molecule has 1 unspecified atom stereocenters. The van der Waals surface area contributed by atoms with Gasteiger partial charge < -0.3 is 16.0 Å². The van der Waals surface area contributed by atoms with Crippen molar-refractivity contribution >= 4 is 5.91 Å². The van der Waals surface area contributed by atoms with Gasteiger partial charge in [-0.15, -0.1) is 0 Å². The number of hydrogen-bond donors (Lipinski definition) is 2. The van der Waals surface area contributed by atoms with E-state index in [2.05, 4.69) is 29.1 Å². The zero-order valence-corrected chi connectivity index (χ0v) is 14.4. The molecule has 2 aliphatic rings. The van der Waals surface area contributed by atoms with Crippen LogP contribution in [0.15, 0.2) is 0 Å². The number of nitrogens with two attached hydrogens (primary N) is 1. The highest BCUT2D eigenvalue weighted by molar-refractivity contribution is 5.76. The number of nitrogens with zero attached hydrogens (tertiary/aromatic N) is 2. The first-order valence-electron chi connectivity index (χ1n) is 8.94. The van der Waals surface area contributed by atoms with Crippen LogP contribution in [0.2, 0.25) is 0 Å². The van der Waals surface area contributed by atoms with E-state index in [0.29, 0.717) is 19.0 Å².